The van der Waals surface area contributed by atoms with Gasteiger partial charge in [-0.15, -0.1) is 0 Å². The summed E-state index contributed by atoms with van der Waals surface area (Å²) >= 11 is 6.16. The van der Waals surface area contributed by atoms with Gasteiger partial charge in [-0.3, -0.25) is 39.1 Å². The molecule has 0 unspecified atom stereocenters. The minimum Gasteiger partial charge on any atom is -0.480 e. The van der Waals surface area contributed by atoms with Crippen LogP contribution in [0.2, 0.25) is 5.02 Å². The van der Waals surface area contributed by atoms with Crippen molar-refractivity contribution >= 4 is 63.6 Å². The number of hydrogen-bond acceptors (Lipinski definition) is 10. The summed E-state index contributed by atoms with van der Waals surface area (Å²) in [5.74, 6) is -5.10. The van der Waals surface area contributed by atoms with Crippen LogP contribution in [0.4, 0.5) is 5.69 Å². The molecular weight excluding hydrogens is 870 g/mol. The lowest BCUT2D eigenvalue weighted by molar-refractivity contribution is -0.384. The fourth-order valence-electron chi connectivity index (χ4n) is 6.88. The Morgan fingerprint density at radius 3 is 1.67 bits per heavy atom. The van der Waals surface area contributed by atoms with Gasteiger partial charge in [0.05, 0.1) is 17.1 Å². The lowest BCUT2D eigenvalue weighted by Gasteiger charge is -2.28. The molecule has 1 heterocycles. The van der Waals surface area contributed by atoms with E-state index >= 15 is 0 Å². The largest absolute Gasteiger partial charge is 0.480 e. The van der Waals surface area contributed by atoms with Gasteiger partial charge in [-0.25, -0.2) is 4.79 Å². The lowest BCUT2D eigenvalue weighted by Crippen LogP contribution is -2.60. The standard InChI is InChI=1S/C48H52ClN7O10/c1-29(57)51-38(25-32-11-16-34-9-5-6-10-35(34)22-32)43(58)52-39(23-30-12-17-36(49)18-13-30)44(59)53-40(26-33-8-7-21-50-27-33)45(60)55-42(28-66-48(2,3)4)46(61)54-41(47(62)63)24-31-14-19-37(20-15-31)56(64)65/h5-22,27,38-42H,23-26,28H2,1-4H3,(H,51,57)(H,52,58)(H,53,59)(H,54,61)(H,55,60)(H,62,63)/t38-,39-,40-,41+,42+/m1/s1. The Bertz CT molecular complexity index is 2520. The molecule has 4 aromatic carbocycles. The maximum absolute atomic E-state index is 14.5. The van der Waals surface area contributed by atoms with Crippen molar-refractivity contribution in [2.24, 2.45) is 0 Å². The number of carboxylic acid groups (broad SMARTS) is 1. The Labute approximate surface area is 386 Å². The number of carbonyl (C=O) groups is 6. The summed E-state index contributed by atoms with van der Waals surface area (Å²) in [6, 6.07) is 21.7. The Balaban J connectivity index is 1.41. The van der Waals surface area contributed by atoms with Gasteiger partial charge in [-0.1, -0.05) is 84.4 Å². The highest BCUT2D eigenvalue weighted by Crippen LogP contribution is 2.19. The molecule has 6 N–H and O–H groups in total. The van der Waals surface area contributed by atoms with Gasteiger partial charge in [-0.05, 0) is 72.0 Å². The van der Waals surface area contributed by atoms with Gasteiger partial charge in [0, 0.05) is 62.2 Å². The summed E-state index contributed by atoms with van der Waals surface area (Å²) in [5.41, 5.74) is 1.26. The second-order valence-corrected chi connectivity index (χ2v) is 17.1. The first-order valence-corrected chi connectivity index (χ1v) is 21.4. The highest BCUT2D eigenvalue weighted by atomic mass is 35.5. The average Bonchev–Trinajstić information content (AvgIpc) is 3.27. The van der Waals surface area contributed by atoms with Crippen molar-refractivity contribution in [3.63, 3.8) is 0 Å². The predicted molar refractivity (Wildman–Crippen MR) is 246 cm³/mol. The number of nitro groups is 1. The number of hydrogen-bond donors (Lipinski definition) is 6. The number of non-ortho nitro benzene ring substituents is 1. The van der Waals surface area contributed by atoms with E-state index < -0.39 is 82.8 Å². The van der Waals surface area contributed by atoms with Crippen LogP contribution in [0.1, 0.15) is 49.9 Å². The minimum atomic E-state index is -1.52. The quantitative estimate of drug-likeness (QED) is 0.0445. The van der Waals surface area contributed by atoms with Gasteiger partial charge < -0.3 is 36.4 Å². The second-order valence-electron chi connectivity index (χ2n) is 16.7. The fraction of sp³-hybridized carbons (Fsp3) is 0.312. The number of carboxylic acids is 1. The average molecular weight is 922 g/mol. The summed E-state index contributed by atoms with van der Waals surface area (Å²) in [5, 5.41) is 36.9. The number of halogens is 1. The molecule has 0 aliphatic rings. The van der Waals surface area contributed by atoms with Crippen LogP contribution >= 0.6 is 11.6 Å². The van der Waals surface area contributed by atoms with Crippen molar-refractivity contribution in [2.45, 2.75) is 89.2 Å². The number of nitrogens with one attached hydrogen (secondary N) is 5. The molecule has 1 aromatic heterocycles. The zero-order valence-electron chi connectivity index (χ0n) is 36.8. The number of pyridine rings is 1. The normalized spacial score (nSPS) is 13.5. The molecule has 5 amide bonds. The van der Waals surface area contributed by atoms with Gasteiger partial charge in [0.15, 0.2) is 0 Å². The SMILES string of the molecule is CC(=O)N[C@H](Cc1ccc2ccccc2c1)C(=O)N[C@H](Cc1ccc(Cl)cc1)C(=O)N[C@H](Cc1cccnc1)C(=O)N[C@@H](COC(C)(C)C)C(=O)N[C@@H](Cc1ccc([N+](=O)[O-])cc1)C(=O)O. The zero-order valence-corrected chi connectivity index (χ0v) is 37.5. The van der Waals surface area contributed by atoms with E-state index in [1.807, 2.05) is 42.5 Å². The van der Waals surface area contributed by atoms with E-state index in [4.69, 9.17) is 16.3 Å². The van der Waals surface area contributed by atoms with Crippen LogP contribution < -0.4 is 26.6 Å². The third-order valence-electron chi connectivity index (χ3n) is 10.2. The Hall–Kier alpha value is -7.24. The van der Waals surface area contributed by atoms with Crippen LogP contribution in [-0.2, 0) is 59.2 Å². The molecule has 0 aliphatic carbocycles. The van der Waals surface area contributed by atoms with E-state index in [9.17, 15) is 44.0 Å². The molecule has 0 spiro atoms. The number of amides is 5. The van der Waals surface area contributed by atoms with Gasteiger partial charge in [0.2, 0.25) is 29.5 Å². The van der Waals surface area contributed by atoms with Crippen molar-refractivity contribution in [3.8, 4) is 0 Å². The third kappa shape index (κ3) is 15.5. The van der Waals surface area contributed by atoms with Crippen LogP contribution in [-0.4, -0.2) is 92.9 Å². The molecule has 66 heavy (non-hydrogen) atoms. The van der Waals surface area contributed by atoms with Crippen LogP contribution in [0.15, 0.2) is 116 Å². The zero-order chi connectivity index (χ0) is 48.0. The number of nitrogens with zero attached hydrogens (tertiary/aromatic N) is 2. The molecule has 5 atom stereocenters. The van der Waals surface area contributed by atoms with E-state index in [0.717, 1.165) is 16.3 Å². The van der Waals surface area contributed by atoms with Crippen molar-refractivity contribution in [3.05, 3.63) is 153 Å². The van der Waals surface area contributed by atoms with Gasteiger partial charge in [0.1, 0.15) is 30.2 Å². The van der Waals surface area contributed by atoms with Crippen LogP contribution in [0, 0.1) is 10.1 Å². The second kappa shape index (κ2) is 23.1. The first-order valence-electron chi connectivity index (χ1n) is 21.0. The summed E-state index contributed by atoms with van der Waals surface area (Å²) in [4.78, 5) is 96.4. The third-order valence-corrected chi connectivity index (χ3v) is 10.5. The summed E-state index contributed by atoms with van der Waals surface area (Å²) < 4.78 is 5.89. The lowest BCUT2D eigenvalue weighted by atomic mass is 9.99. The first-order chi connectivity index (χ1) is 31.3. The molecule has 5 rings (SSSR count). The maximum atomic E-state index is 14.5. The molecule has 18 heteroatoms. The van der Waals surface area contributed by atoms with Gasteiger partial charge >= 0.3 is 5.97 Å². The maximum Gasteiger partial charge on any atom is 0.326 e. The minimum absolute atomic E-state index is 0.0610. The fourth-order valence-corrected chi connectivity index (χ4v) is 7.01. The molecule has 0 radical (unpaired) electrons. The number of carbonyl (C=O) groups excluding carboxylic acids is 5. The van der Waals surface area contributed by atoms with Gasteiger partial charge in [-0.2, -0.15) is 0 Å². The van der Waals surface area contributed by atoms with Gasteiger partial charge in [0.25, 0.3) is 5.69 Å². The van der Waals surface area contributed by atoms with Crippen molar-refractivity contribution in [1.29, 1.82) is 0 Å². The summed E-state index contributed by atoms with van der Waals surface area (Å²) in [6.07, 6.45) is 2.68. The topological polar surface area (TPSA) is 248 Å². The Morgan fingerprint density at radius 1 is 0.636 bits per heavy atom. The molecule has 0 saturated heterocycles. The van der Waals surface area contributed by atoms with Crippen molar-refractivity contribution < 1.29 is 43.5 Å². The van der Waals surface area contributed by atoms with E-state index in [1.165, 1.54) is 43.6 Å². The molecular formula is C48H52ClN7O10. The number of nitro benzene ring substituents is 1. The highest BCUT2D eigenvalue weighted by Gasteiger charge is 2.34. The molecule has 5 aromatic rings. The molecule has 0 saturated carbocycles. The summed E-state index contributed by atoms with van der Waals surface area (Å²) in [6.45, 7) is 6.03. The van der Waals surface area contributed by atoms with Crippen LogP contribution in [0.5, 0.6) is 0 Å². The number of fused-ring (bicyclic) bond motifs is 1. The number of rotatable bonds is 21. The highest BCUT2D eigenvalue weighted by molar-refractivity contribution is 6.30. The van der Waals surface area contributed by atoms with E-state index in [-0.39, 0.29) is 31.4 Å². The monoisotopic (exact) mass is 921 g/mol. The van der Waals surface area contributed by atoms with Crippen molar-refractivity contribution in [2.75, 3.05) is 6.61 Å². The first kappa shape index (κ1) is 49.8. The number of aromatic nitrogens is 1. The number of ether oxygens (including phenoxy) is 1. The molecule has 0 bridgehead atoms. The van der Waals surface area contributed by atoms with E-state index in [2.05, 4.69) is 31.6 Å². The van der Waals surface area contributed by atoms with Crippen molar-refractivity contribution in [1.82, 2.24) is 31.6 Å². The number of benzene rings is 4. The smallest absolute Gasteiger partial charge is 0.326 e. The van der Waals surface area contributed by atoms with E-state index in [0.29, 0.717) is 21.7 Å². The molecule has 0 fully saturated rings. The molecule has 17 nitrogen and oxygen atoms in total. The van der Waals surface area contributed by atoms with Crippen LogP contribution in [0.3, 0.4) is 0 Å². The Morgan fingerprint density at radius 2 is 1.12 bits per heavy atom. The van der Waals surface area contributed by atoms with Crippen LogP contribution in [0.25, 0.3) is 10.8 Å². The molecule has 346 valence electrons. The number of aliphatic carboxylic acids is 1. The predicted octanol–water partition coefficient (Wildman–Crippen LogP) is 4.41. The summed E-state index contributed by atoms with van der Waals surface area (Å²) in [7, 11) is 0. The Kier molecular flexibility index (Phi) is 17.4. The van der Waals surface area contributed by atoms with E-state index in [1.54, 1.807) is 57.2 Å². The molecule has 0 aliphatic heterocycles.